The van der Waals surface area contributed by atoms with E-state index in [1.165, 1.54) is 87.0 Å². The summed E-state index contributed by atoms with van der Waals surface area (Å²) in [6.45, 7) is 12.8. The second-order valence-corrected chi connectivity index (χ2v) is 16.9. The summed E-state index contributed by atoms with van der Waals surface area (Å²) in [5.41, 5.74) is 19.0. The minimum atomic E-state index is 1.07. The Morgan fingerprint density at radius 1 is 0.492 bits per heavy atom. The van der Waals surface area contributed by atoms with Crippen LogP contribution in [-0.2, 0) is 0 Å². The fourth-order valence-corrected chi connectivity index (χ4v) is 9.72. The van der Waals surface area contributed by atoms with Crippen LogP contribution in [0, 0.1) is 20.8 Å². The van der Waals surface area contributed by atoms with E-state index >= 15 is 0 Å². The smallest absolute Gasteiger partial charge is 0.0541 e. The molecule has 0 saturated carbocycles. The van der Waals surface area contributed by atoms with Gasteiger partial charge in [0, 0.05) is 43.1 Å². The third kappa shape index (κ3) is 6.54. The number of fused-ring (bicyclic) bond motifs is 4. The fourth-order valence-electron chi connectivity index (χ4n) is 8.52. The van der Waals surface area contributed by atoms with Crippen molar-refractivity contribution in [2.45, 2.75) is 27.7 Å². The molecule has 0 aliphatic carbocycles. The summed E-state index contributed by atoms with van der Waals surface area (Å²) in [6.07, 6.45) is 0. The van der Waals surface area contributed by atoms with Gasteiger partial charge in [0.2, 0.25) is 0 Å². The Morgan fingerprint density at radius 2 is 1.05 bits per heavy atom. The number of anilines is 3. The molecule has 0 aliphatic rings. The van der Waals surface area contributed by atoms with Gasteiger partial charge >= 0.3 is 0 Å². The van der Waals surface area contributed by atoms with Gasteiger partial charge in [-0.05, 0) is 150 Å². The molecule has 0 aliphatic heterocycles. The lowest BCUT2D eigenvalue weighted by Gasteiger charge is -2.26. The number of aromatic nitrogens is 1. The van der Waals surface area contributed by atoms with Crippen molar-refractivity contribution in [1.29, 1.82) is 0 Å². The highest BCUT2D eigenvalue weighted by Gasteiger charge is 2.17. The molecule has 2 aromatic heterocycles. The van der Waals surface area contributed by atoms with Gasteiger partial charge in [-0.15, -0.1) is 11.3 Å². The highest BCUT2D eigenvalue weighted by Crippen LogP contribution is 2.42. The Bertz CT molecular complexity index is 3180. The molecule has 59 heavy (non-hydrogen) atoms. The molecule has 284 valence electrons. The first-order valence-corrected chi connectivity index (χ1v) is 21.1. The van der Waals surface area contributed by atoms with Gasteiger partial charge in [-0.2, -0.15) is 0 Å². The molecule has 2 heterocycles. The average Bonchev–Trinajstić information content (AvgIpc) is 3.77. The Morgan fingerprint density at radius 3 is 1.71 bits per heavy atom. The van der Waals surface area contributed by atoms with E-state index in [1.54, 1.807) is 0 Å². The minimum absolute atomic E-state index is 1.07. The lowest BCUT2D eigenvalue weighted by Crippen LogP contribution is -2.09. The number of hydrogen-bond donors (Lipinski definition) is 0. The standard InChI is InChI=1S/C56H44N2S/c1-36(2)43-10-8-11-44(34-43)40-18-27-46(28-19-40)57(48-31-22-42(23-32-48)51-14-9-13-50-38(4)39(5)59-56(50)51)47-29-20-41(21-30-47)45-24-33-55-53(35-45)52-12-6-7-15-54(52)58(55)49-25-16-37(3)17-26-49/h6-35H,1H2,2-5H3. The van der Waals surface area contributed by atoms with Gasteiger partial charge in [0.25, 0.3) is 0 Å². The normalized spacial score (nSPS) is 11.5. The summed E-state index contributed by atoms with van der Waals surface area (Å²) in [6, 6.07) is 66.8. The molecule has 0 amide bonds. The average molecular weight is 777 g/mol. The third-order valence-corrected chi connectivity index (χ3v) is 13.1. The number of aryl methyl sites for hydroxylation is 3. The second kappa shape index (κ2) is 14.8. The van der Waals surface area contributed by atoms with Crippen LogP contribution >= 0.6 is 11.3 Å². The van der Waals surface area contributed by atoms with E-state index < -0.39 is 0 Å². The Kier molecular flexibility index (Phi) is 9.12. The predicted octanol–water partition coefficient (Wildman–Crippen LogP) is 16.4. The number of nitrogens with zero attached hydrogens (tertiary/aromatic N) is 2. The summed E-state index contributed by atoms with van der Waals surface area (Å²) in [5, 5.41) is 3.86. The van der Waals surface area contributed by atoms with Gasteiger partial charge in [0.15, 0.2) is 0 Å². The molecular weight excluding hydrogens is 733 g/mol. The molecule has 0 radical (unpaired) electrons. The van der Waals surface area contributed by atoms with E-state index in [9.17, 15) is 0 Å². The van der Waals surface area contributed by atoms with Crippen molar-refractivity contribution in [3.63, 3.8) is 0 Å². The monoisotopic (exact) mass is 776 g/mol. The van der Waals surface area contributed by atoms with Crippen LogP contribution in [0.4, 0.5) is 17.1 Å². The van der Waals surface area contributed by atoms with Crippen molar-refractivity contribution < 1.29 is 0 Å². The van der Waals surface area contributed by atoms with Gasteiger partial charge in [-0.1, -0.05) is 127 Å². The number of rotatable bonds is 8. The molecule has 0 N–H and O–H groups in total. The van der Waals surface area contributed by atoms with Gasteiger partial charge in [-0.3, -0.25) is 0 Å². The van der Waals surface area contributed by atoms with Crippen LogP contribution in [0.25, 0.3) is 76.5 Å². The molecule has 8 aromatic carbocycles. The summed E-state index contributed by atoms with van der Waals surface area (Å²) < 4.78 is 3.73. The number of thiophene rings is 1. The molecule has 10 rings (SSSR count). The maximum absolute atomic E-state index is 4.17. The summed E-state index contributed by atoms with van der Waals surface area (Å²) in [4.78, 5) is 3.74. The van der Waals surface area contributed by atoms with E-state index in [4.69, 9.17) is 0 Å². The molecule has 0 atom stereocenters. The van der Waals surface area contributed by atoms with Crippen LogP contribution in [0.1, 0.15) is 28.5 Å². The Labute approximate surface area is 350 Å². The number of benzene rings is 8. The zero-order valence-electron chi connectivity index (χ0n) is 33.8. The highest BCUT2D eigenvalue weighted by molar-refractivity contribution is 7.19. The molecular formula is C56H44N2S. The SMILES string of the molecule is C=C(C)c1cccc(-c2ccc(N(c3ccc(-c4ccc5c(c4)c4ccccc4n5-c4ccc(C)cc4)cc3)c3ccc(-c4cccc5c(C)c(C)sc45)cc3)cc2)c1. The third-order valence-electron chi connectivity index (χ3n) is 11.9. The predicted molar refractivity (Wildman–Crippen MR) is 256 cm³/mol. The minimum Gasteiger partial charge on any atom is -0.311 e. The highest BCUT2D eigenvalue weighted by atomic mass is 32.1. The van der Waals surface area contributed by atoms with Crippen LogP contribution in [0.15, 0.2) is 189 Å². The van der Waals surface area contributed by atoms with Crippen molar-refractivity contribution in [3.8, 4) is 39.1 Å². The summed E-state index contributed by atoms with van der Waals surface area (Å²) in [7, 11) is 0. The van der Waals surface area contributed by atoms with E-state index in [1.807, 2.05) is 11.3 Å². The molecule has 0 spiro atoms. The first-order valence-electron chi connectivity index (χ1n) is 20.3. The topological polar surface area (TPSA) is 8.17 Å². The molecule has 0 fully saturated rings. The number of allylic oxidation sites excluding steroid dienone is 1. The van der Waals surface area contributed by atoms with Crippen molar-refractivity contribution in [2.24, 2.45) is 0 Å². The summed E-state index contributed by atoms with van der Waals surface area (Å²) >= 11 is 1.89. The van der Waals surface area contributed by atoms with Gasteiger partial charge < -0.3 is 9.47 Å². The second-order valence-electron chi connectivity index (χ2n) is 15.7. The maximum Gasteiger partial charge on any atom is 0.0541 e. The quantitative estimate of drug-likeness (QED) is 0.149. The fraction of sp³-hybridized carbons (Fsp3) is 0.0714. The van der Waals surface area contributed by atoms with Crippen LogP contribution in [-0.4, -0.2) is 4.57 Å². The van der Waals surface area contributed by atoms with E-state index in [0.29, 0.717) is 0 Å². The van der Waals surface area contributed by atoms with Gasteiger partial charge in [-0.25, -0.2) is 0 Å². The molecule has 3 heteroatoms. The first-order chi connectivity index (χ1) is 28.8. The zero-order chi connectivity index (χ0) is 40.2. The van der Waals surface area contributed by atoms with E-state index in [2.05, 4.69) is 226 Å². The van der Waals surface area contributed by atoms with Crippen molar-refractivity contribution >= 4 is 65.9 Å². The largest absolute Gasteiger partial charge is 0.311 e. The van der Waals surface area contributed by atoms with Gasteiger partial charge in [0.05, 0.1) is 11.0 Å². The molecule has 2 nitrogen and oxygen atoms in total. The van der Waals surface area contributed by atoms with Crippen LogP contribution in [0.2, 0.25) is 0 Å². The zero-order valence-corrected chi connectivity index (χ0v) is 34.6. The van der Waals surface area contributed by atoms with Crippen molar-refractivity contribution in [3.05, 3.63) is 210 Å². The lowest BCUT2D eigenvalue weighted by atomic mass is 9.99. The maximum atomic E-state index is 4.17. The van der Waals surface area contributed by atoms with Crippen molar-refractivity contribution in [2.75, 3.05) is 4.90 Å². The molecule has 0 unspecified atom stereocenters. The number of para-hydroxylation sites is 1. The molecule has 0 bridgehead atoms. The summed E-state index contributed by atoms with van der Waals surface area (Å²) in [5.74, 6) is 0. The lowest BCUT2D eigenvalue weighted by molar-refractivity contribution is 1.17. The van der Waals surface area contributed by atoms with E-state index in [0.717, 1.165) is 28.2 Å². The van der Waals surface area contributed by atoms with Crippen LogP contribution in [0.5, 0.6) is 0 Å². The molecule has 10 aromatic rings. The van der Waals surface area contributed by atoms with Crippen LogP contribution in [0.3, 0.4) is 0 Å². The van der Waals surface area contributed by atoms with Gasteiger partial charge in [0.1, 0.15) is 0 Å². The number of hydrogen-bond acceptors (Lipinski definition) is 2. The Hall–Kier alpha value is -6.94. The van der Waals surface area contributed by atoms with E-state index in [-0.39, 0.29) is 0 Å². The Balaban J connectivity index is 1.04. The van der Waals surface area contributed by atoms with Crippen LogP contribution < -0.4 is 4.90 Å². The van der Waals surface area contributed by atoms with Crippen molar-refractivity contribution in [1.82, 2.24) is 4.57 Å². The first kappa shape index (κ1) is 36.4. The molecule has 0 saturated heterocycles.